The highest BCUT2D eigenvalue weighted by molar-refractivity contribution is 6.30. The minimum Gasteiger partial charge on any atom is -0.419 e. The van der Waals surface area contributed by atoms with E-state index in [9.17, 15) is 4.79 Å². The fraction of sp³-hybridized carbons (Fsp3) is 0.100. The Bertz CT molecular complexity index is 334. The van der Waals surface area contributed by atoms with Crippen molar-refractivity contribution in [1.29, 1.82) is 0 Å². The largest absolute Gasteiger partial charge is 0.419 e. The number of halogens is 1. The van der Waals surface area contributed by atoms with Crippen LogP contribution in [0.2, 0.25) is 5.02 Å². The molecule has 0 spiro atoms. The first kappa shape index (κ1) is 10.6. The van der Waals surface area contributed by atoms with Crippen LogP contribution in [0.5, 0.6) is 0 Å². The third-order valence-corrected chi connectivity index (χ3v) is 1.92. The summed E-state index contributed by atoms with van der Waals surface area (Å²) in [5, 5.41) is 0.624. The highest BCUT2D eigenvalue weighted by atomic mass is 35.5. The molecule has 0 bridgehead atoms. The molecule has 0 aliphatic carbocycles. The third-order valence-electron chi connectivity index (χ3n) is 1.67. The van der Waals surface area contributed by atoms with Crippen molar-refractivity contribution < 1.29 is 9.53 Å². The quantitative estimate of drug-likeness (QED) is 0.704. The molecule has 0 aromatic heterocycles. The summed E-state index contributed by atoms with van der Waals surface area (Å²) in [4.78, 5) is 12.6. The van der Waals surface area contributed by atoms with Gasteiger partial charge in [0.1, 0.15) is 0 Å². The SMILES string of the molecule is C=COC(=O)N(C)c1ccc(Cl)cc1. The standard InChI is InChI=1S/C10H10ClNO2/c1-3-14-10(13)12(2)9-6-4-8(11)5-7-9/h3-7H,1H2,2H3. The van der Waals surface area contributed by atoms with Gasteiger partial charge in [0.15, 0.2) is 0 Å². The van der Waals surface area contributed by atoms with Crippen LogP contribution < -0.4 is 4.90 Å². The van der Waals surface area contributed by atoms with Gasteiger partial charge in [-0.15, -0.1) is 0 Å². The molecule has 0 saturated carbocycles. The lowest BCUT2D eigenvalue weighted by Crippen LogP contribution is -2.25. The van der Waals surface area contributed by atoms with Crippen LogP contribution in [-0.4, -0.2) is 13.1 Å². The van der Waals surface area contributed by atoms with Crippen molar-refractivity contribution >= 4 is 23.4 Å². The lowest BCUT2D eigenvalue weighted by molar-refractivity contribution is 0.195. The first-order valence-corrected chi connectivity index (χ1v) is 4.33. The number of rotatable bonds is 2. The molecule has 1 amide bonds. The van der Waals surface area contributed by atoms with Crippen LogP contribution in [0.4, 0.5) is 10.5 Å². The lowest BCUT2D eigenvalue weighted by Gasteiger charge is -2.15. The summed E-state index contributed by atoms with van der Waals surface area (Å²) in [5.74, 6) is 0. The molecule has 0 N–H and O–H groups in total. The number of amides is 1. The van der Waals surface area contributed by atoms with Crippen molar-refractivity contribution in [2.45, 2.75) is 0 Å². The molecule has 4 heteroatoms. The zero-order chi connectivity index (χ0) is 10.6. The van der Waals surface area contributed by atoms with Crippen molar-refractivity contribution in [3.63, 3.8) is 0 Å². The van der Waals surface area contributed by atoms with E-state index in [1.54, 1.807) is 31.3 Å². The van der Waals surface area contributed by atoms with E-state index in [2.05, 4.69) is 11.3 Å². The minimum absolute atomic E-state index is 0.484. The molecule has 0 heterocycles. The Hall–Kier alpha value is -1.48. The first-order chi connectivity index (χ1) is 6.65. The van der Waals surface area contributed by atoms with Crippen LogP contribution >= 0.6 is 11.6 Å². The van der Waals surface area contributed by atoms with Gasteiger partial charge in [-0.1, -0.05) is 18.2 Å². The van der Waals surface area contributed by atoms with Gasteiger partial charge in [0, 0.05) is 17.8 Å². The molecule has 0 unspecified atom stereocenters. The number of hydrogen-bond acceptors (Lipinski definition) is 2. The average molecular weight is 212 g/mol. The molecule has 3 nitrogen and oxygen atoms in total. The zero-order valence-electron chi connectivity index (χ0n) is 7.74. The van der Waals surface area contributed by atoms with Gasteiger partial charge in [-0.05, 0) is 24.3 Å². The van der Waals surface area contributed by atoms with Gasteiger partial charge in [0.05, 0.1) is 6.26 Å². The van der Waals surface area contributed by atoms with Gasteiger partial charge < -0.3 is 4.74 Å². The highest BCUT2D eigenvalue weighted by Crippen LogP contribution is 2.17. The van der Waals surface area contributed by atoms with Gasteiger partial charge in [0.25, 0.3) is 0 Å². The Morgan fingerprint density at radius 2 is 2.07 bits per heavy atom. The van der Waals surface area contributed by atoms with E-state index in [1.165, 1.54) is 4.90 Å². The summed E-state index contributed by atoms with van der Waals surface area (Å²) in [6.45, 7) is 3.30. The molecule has 0 radical (unpaired) electrons. The van der Waals surface area contributed by atoms with Gasteiger partial charge in [-0.3, -0.25) is 4.90 Å². The number of ether oxygens (including phenoxy) is 1. The summed E-state index contributed by atoms with van der Waals surface area (Å²) < 4.78 is 4.61. The van der Waals surface area contributed by atoms with E-state index < -0.39 is 6.09 Å². The van der Waals surface area contributed by atoms with Crippen LogP contribution in [0.25, 0.3) is 0 Å². The Morgan fingerprint density at radius 1 is 1.50 bits per heavy atom. The predicted octanol–water partition coefficient (Wildman–Crippen LogP) is 3.06. The molecule has 0 atom stereocenters. The van der Waals surface area contributed by atoms with Gasteiger partial charge in [-0.2, -0.15) is 0 Å². The fourth-order valence-electron chi connectivity index (χ4n) is 0.920. The van der Waals surface area contributed by atoms with E-state index in [-0.39, 0.29) is 0 Å². The van der Waals surface area contributed by atoms with Gasteiger partial charge in [0.2, 0.25) is 0 Å². The summed E-state index contributed by atoms with van der Waals surface area (Å²) in [5.41, 5.74) is 0.709. The highest BCUT2D eigenvalue weighted by Gasteiger charge is 2.10. The van der Waals surface area contributed by atoms with Crippen LogP contribution in [0.1, 0.15) is 0 Å². The van der Waals surface area contributed by atoms with Crippen molar-refractivity contribution in [1.82, 2.24) is 0 Å². The second-order valence-corrected chi connectivity index (χ2v) is 3.02. The second kappa shape index (κ2) is 4.67. The smallest absolute Gasteiger partial charge is 0.418 e. The first-order valence-electron chi connectivity index (χ1n) is 3.96. The number of benzene rings is 1. The number of anilines is 1. The summed E-state index contributed by atoms with van der Waals surface area (Å²) in [6, 6.07) is 6.86. The maximum Gasteiger partial charge on any atom is 0.418 e. The minimum atomic E-state index is -0.484. The molecule has 74 valence electrons. The number of carbonyl (C=O) groups is 1. The van der Waals surface area contributed by atoms with E-state index in [4.69, 9.17) is 11.6 Å². The summed E-state index contributed by atoms with van der Waals surface area (Å²) in [6.07, 6.45) is 0.608. The third kappa shape index (κ3) is 2.50. The molecule has 0 fully saturated rings. The van der Waals surface area contributed by atoms with E-state index >= 15 is 0 Å². The van der Waals surface area contributed by atoms with Crippen LogP contribution in [-0.2, 0) is 4.74 Å². The maximum atomic E-state index is 11.2. The van der Waals surface area contributed by atoms with E-state index in [0.29, 0.717) is 10.7 Å². The molecule has 1 aromatic carbocycles. The molecular weight excluding hydrogens is 202 g/mol. The maximum absolute atomic E-state index is 11.2. The topological polar surface area (TPSA) is 29.5 Å². The van der Waals surface area contributed by atoms with Crippen LogP contribution in [0, 0.1) is 0 Å². The number of nitrogens with zero attached hydrogens (tertiary/aromatic N) is 1. The summed E-state index contributed by atoms with van der Waals surface area (Å²) in [7, 11) is 1.61. The Kier molecular flexibility index (Phi) is 3.54. The fourth-order valence-corrected chi connectivity index (χ4v) is 1.05. The van der Waals surface area contributed by atoms with E-state index in [1.807, 2.05) is 0 Å². The second-order valence-electron chi connectivity index (χ2n) is 2.59. The molecule has 0 saturated heterocycles. The van der Waals surface area contributed by atoms with Crippen molar-refractivity contribution in [2.24, 2.45) is 0 Å². The van der Waals surface area contributed by atoms with Gasteiger partial charge >= 0.3 is 6.09 Å². The lowest BCUT2D eigenvalue weighted by atomic mass is 10.3. The van der Waals surface area contributed by atoms with Crippen molar-refractivity contribution in [2.75, 3.05) is 11.9 Å². The van der Waals surface area contributed by atoms with Crippen LogP contribution in [0.15, 0.2) is 37.1 Å². The Balaban J connectivity index is 2.78. The van der Waals surface area contributed by atoms with Crippen molar-refractivity contribution in [3.8, 4) is 0 Å². The molecular formula is C10H10ClNO2. The molecule has 0 aliphatic heterocycles. The molecule has 14 heavy (non-hydrogen) atoms. The van der Waals surface area contributed by atoms with Crippen molar-refractivity contribution in [3.05, 3.63) is 42.1 Å². The zero-order valence-corrected chi connectivity index (χ0v) is 8.49. The predicted molar refractivity (Wildman–Crippen MR) is 56.5 cm³/mol. The van der Waals surface area contributed by atoms with Crippen LogP contribution in [0.3, 0.4) is 0 Å². The Morgan fingerprint density at radius 3 is 2.57 bits per heavy atom. The number of hydrogen-bond donors (Lipinski definition) is 0. The number of carbonyl (C=O) groups excluding carboxylic acids is 1. The van der Waals surface area contributed by atoms with E-state index in [0.717, 1.165) is 6.26 Å². The summed E-state index contributed by atoms with van der Waals surface area (Å²) >= 11 is 5.71. The molecule has 1 aromatic rings. The normalized spacial score (nSPS) is 9.29. The average Bonchev–Trinajstić information content (AvgIpc) is 2.18. The molecule has 0 aliphatic rings. The monoisotopic (exact) mass is 211 g/mol. The Labute approximate surface area is 87.5 Å². The molecule has 1 rings (SSSR count). The van der Waals surface area contributed by atoms with Gasteiger partial charge in [-0.25, -0.2) is 4.79 Å².